The number of hydrogen-bond acceptors (Lipinski definition) is 2. The number of ether oxygens (including phenoxy) is 1. The molecule has 0 fully saturated rings. The summed E-state index contributed by atoms with van der Waals surface area (Å²) < 4.78 is 6.14. The minimum absolute atomic E-state index is 0.0205. The highest BCUT2D eigenvalue weighted by Crippen LogP contribution is 2.28. The lowest BCUT2D eigenvalue weighted by Gasteiger charge is -2.10. The van der Waals surface area contributed by atoms with Crippen molar-refractivity contribution in [1.82, 2.24) is 0 Å². The van der Waals surface area contributed by atoms with Crippen LogP contribution < -0.4 is 10.1 Å². The van der Waals surface area contributed by atoms with E-state index < -0.39 is 0 Å². The van der Waals surface area contributed by atoms with Crippen molar-refractivity contribution in [2.24, 2.45) is 0 Å². The van der Waals surface area contributed by atoms with Gasteiger partial charge in [0.15, 0.2) is 0 Å². The zero-order valence-electron chi connectivity index (χ0n) is 12.2. The van der Waals surface area contributed by atoms with Crippen LogP contribution in [0.4, 0.5) is 5.69 Å². The molecule has 2 rings (SSSR count). The third-order valence-electron chi connectivity index (χ3n) is 3.16. The molecule has 0 heterocycles. The fourth-order valence-corrected chi connectivity index (χ4v) is 2.48. The Labute approximate surface area is 133 Å². The Bertz CT molecular complexity index is 640. The average Bonchev–Trinajstić information content (AvgIpc) is 2.45. The molecule has 0 saturated heterocycles. The number of halogens is 1. The number of anilines is 1. The predicted molar refractivity (Wildman–Crippen MR) is 88.8 cm³/mol. The number of methoxy groups -OCH3 is 1. The summed E-state index contributed by atoms with van der Waals surface area (Å²) in [6.07, 6.45) is 1.17. The van der Waals surface area contributed by atoms with Gasteiger partial charge in [-0.1, -0.05) is 45.8 Å². The standard InChI is InChI=1S/C17H18BrNO2/c1-12-4-3-5-13(10-12)6-9-17(20)19-15-11-14(18)7-8-16(15)21-2/h3-5,7-8,10-11H,6,9H2,1-2H3,(H,19,20). The van der Waals surface area contributed by atoms with Crippen LogP contribution in [0, 0.1) is 6.92 Å². The second kappa shape index (κ2) is 7.27. The topological polar surface area (TPSA) is 38.3 Å². The largest absolute Gasteiger partial charge is 0.495 e. The van der Waals surface area contributed by atoms with Gasteiger partial charge in [0.1, 0.15) is 5.75 Å². The molecular weight excluding hydrogens is 330 g/mol. The maximum atomic E-state index is 12.1. The number of benzene rings is 2. The molecule has 0 aromatic heterocycles. The molecule has 0 atom stereocenters. The summed E-state index contributed by atoms with van der Waals surface area (Å²) in [5, 5.41) is 2.89. The van der Waals surface area contributed by atoms with Gasteiger partial charge in [-0.15, -0.1) is 0 Å². The maximum Gasteiger partial charge on any atom is 0.224 e. The van der Waals surface area contributed by atoms with Gasteiger partial charge in [-0.2, -0.15) is 0 Å². The molecule has 21 heavy (non-hydrogen) atoms. The number of carbonyl (C=O) groups excluding carboxylic acids is 1. The normalized spacial score (nSPS) is 10.2. The number of nitrogens with one attached hydrogen (secondary N) is 1. The summed E-state index contributed by atoms with van der Waals surface area (Å²) in [6.45, 7) is 2.05. The number of hydrogen-bond donors (Lipinski definition) is 1. The molecule has 0 unspecified atom stereocenters. The second-order valence-electron chi connectivity index (χ2n) is 4.88. The minimum atomic E-state index is -0.0205. The van der Waals surface area contributed by atoms with E-state index in [1.807, 2.05) is 30.3 Å². The highest BCUT2D eigenvalue weighted by Gasteiger charge is 2.08. The van der Waals surface area contributed by atoms with Gasteiger partial charge in [0.25, 0.3) is 0 Å². The zero-order valence-corrected chi connectivity index (χ0v) is 13.7. The molecule has 0 spiro atoms. The molecule has 1 N–H and O–H groups in total. The van der Waals surface area contributed by atoms with Crippen LogP contribution in [0.3, 0.4) is 0 Å². The lowest BCUT2D eigenvalue weighted by Crippen LogP contribution is -2.13. The molecule has 0 saturated carbocycles. The van der Waals surface area contributed by atoms with Gasteiger partial charge in [-0.05, 0) is 37.1 Å². The quantitative estimate of drug-likeness (QED) is 0.873. The molecule has 0 bridgehead atoms. The van der Waals surface area contributed by atoms with Crippen molar-refractivity contribution in [3.05, 3.63) is 58.1 Å². The van der Waals surface area contributed by atoms with Gasteiger partial charge in [0.2, 0.25) is 5.91 Å². The van der Waals surface area contributed by atoms with E-state index >= 15 is 0 Å². The van der Waals surface area contributed by atoms with Crippen molar-refractivity contribution in [1.29, 1.82) is 0 Å². The number of amides is 1. The lowest BCUT2D eigenvalue weighted by molar-refractivity contribution is -0.116. The smallest absolute Gasteiger partial charge is 0.224 e. The summed E-state index contributed by atoms with van der Waals surface area (Å²) in [5.74, 6) is 0.634. The second-order valence-corrected chi connectivity index (χ2v) is 5.80. The number of aryl methyl sites for hydroxylation is 2. The monoisotopic (exact) mass is 347 g/mol. The zero-order chi connectivity index (χ0) is 15.2. The van der Waals surface area contributed by atoms with Gasteiger partial charge in [-0.3, -0.25) is 4.79 Å². The van der Waals surface area contributed by atoms with Gasteiger partial charge in [0.05, 0.1) is 12.8 Å². The Morgan fingerprint density at radius 2 is 2.05 bits per heavy atom. The lowest BCUT2D eigenvalue weighted by atomic mass is 10.1. The van der Waals surface area contributed by atoms with Crippen molar-refractivity contribution in [2.45, 2.75) is 19.8 Å². The summed E-state index contributed by atoms with van der Waals surface area (Å²) in [6, 6.07) is 13.7. The molecule has 2 aromatic carbocycles. The van der Waals surface area contributed by atoms with Crippen LogP contribution in [0.15, 0.2) is 46.9 Å². The average molecular weight is 348 g/mol. The van der Waals surface area contributed by atoms with Crippen molar-refractivity contribution in [3.63, 3.8) is 0 Å². The van der Waals surface area contributed by atoms with Crippen LogP contribution in [-0.4, -0.2) is 13.0 Å². The molecule has 1 amide bonds. The molecule has 0 aliphatic heterocycles. The number of carbonyl (C=O) groups is 1. The third kappa shape index (κ3) is 4.60. The van der Waals surface area contributed by atoms with Crippen molar-refractivity contribution in [2.75, 3.05) is 12.4 Å². The third-order valence-corrected chi connectivity index (χ3v) is 3.65. The number of rotatable bonds is 5. The molecule has 110 valence electrons. The summed E-state index contributed by atoms with van der Waals surface area (Å²) in [7, 11) is 1.59. The molecule has 2 aromatic rings. The first kappa shape index (κ1) is 15.6. The van der Waals surface area contributed by atoms with Crippen LogP contribution >= 0.6 is 15.9 Å². The predicted octanol–water partition coefficient (Wildman–Crippen LogP) is 4.34. The van der Waals surface area contributed by atoms with E-state index in [4.69, 9.17) is 4.74 Å². The first-order valence-corrected chi connectivity index (χ1v) is 7.56. The fourth-order valence-electron chi connectivity index (χ4n) is 2.12. The van der Waals surface area contributed by atoms with Crippen LogP contribution in [0.1, 0.15) is 17.5 Å². The van der Waals surface area contributed by atoms with Crippen molar-refractivity contribution >= 4 is 27.5 Å². The SMILES string of the molecule is COc1ccc(Br)cc1NC(=O)CCc1cccc(C)c1. The molecule has 0 radical (unpaired) electrons. The van der Waals surface area contributed by atoms with Gasteiger partial charge in [0, 0.05) is 10.9 Å². The van der Waals surface area contributed by atoms with E-state index in [9.17, 15) is 4.79 Å². The Balaban J connectivity index is 1.97. The minimum Gasteiger partial charge on any atom is -0.495 e. The first-order chi connectivity index (χ1) is 10.1. The van der Waals surface area contributed by atoms with Gasteiger partial charge < -0.3 is 10.1 Å². The Kier molecular flexibility index (Phi) is 5.39. The summed E-state index contributed by atoms with van der Waals surface area (Å²) >= 11 is 3.39. The summed E-state index contributed by atoms with van der Waals surface area (Å²) in [5.41, 5.74) is 3.06. The highest BCUT2D eigenvalue weighted by molar-refractivity contribution is 9.10. The van der Waals surface area contributed by atoms with E-state index in [0.29, 0.717) is 17.9 Å². The molecule has 0 aliphatic carbocycles. The van der Waals surface area contributed by atoms with E-state index in [1.165, 1.54) is 11.1 Å². The van der Waals surface area contributed by atoms with E-state index in [0.717, 1.165) is 10.9 Å². The fraction of sp³-hybridized carbons (Fsp3) is 0.235. The molecule has 3 nitrogen and oxygen atoms in total. The van der Waals surface area contributed by atoms with E-state index in [1.54, 1.807) is 7.11 Å². The molecular formula is C17H18BrNO2. The van der Waals surface area contributed by atoms with Crippen LogP contribution in [0.2, 0.25) is 0 Å². The molecule has 4 heteroatoms. The highest BCUT2D eigenvalue weighted by atomic mass is 79.9. The Morgan fingerprint density at radius 3 is 2.76 bits per heavy atom. The molecule has 0 aliphatic rings. The maximum absolute atomic E-state index is 12.1. The van der Waals surface area contributed by atoms with Crippen molar-refractivity contribution < 1.29 is 9.53 Å². The van der Waals surface area contributed by atoms with Crippen LogP contribution in [-0.2, 0) is 11.2 Å². The van der Waals surface area contributed by atoms with E-state index in [-0.39, 0.29) is 5.91 Å². The summed E-state index contributed by atoms with van der Waals surface area (Å²) in [4.78, 5) is 12.1. The Hall–Kier alpha value is -1.81. The van der Waals surface area contributed by atoms with Crippen molar-refractivity contribution in [3.8, 4) is 5.75 Å². The van der Waals surface area contributed by atoms with Crippen LogP contribution in [0.5, 0.6) is 5.75 Å². The first-order valence-electron chi connectivity index (χ1n) is 6.77. The Morgan fingerprint density at radius 1 is 1.24 bits per heavy atom. The van der Waals surface area contributed by atoms with Gasteiger partial charge >= 0.3 is 0 Å². The van der Waals surface area contributed by atoms with E-state index in [2.05, 4.69) is 40.3 Å². The van der Waals surface area contributed by atoms with Crippen LogP contribution in [0.25, 0.3) is 0 Å². The van der Waals surface area contributed by atoms with Gasteiger partial charge in [-0.25, -0.2) is 0 Å².